The lowest BCUT2D eigenvalue weighted by molar-refractivity contribution is -0.765. The number of carbonyl (C=O) groups excluding carboxylic acids is 1. The van der Waals surface area contributed by atoms with Gasteiger partial charge in [0.05, 0.1) is 12.7 Å². The van der Waals surface area contributed by atoms with E-state index in [-0.39, 0.29) is 5.56 Å². The second-order valence-corrected chi connectivity index (χ2v) is 7.21. The summed E-state index contributed by atoms with van der Waals surface area (Å²) in [6.07, 6.45) is -2.64. The number of aromatic nitrogens is 1. The zero-order valence-corrected chi connectivity index (χ0v) is 14.6. The molecule has 25 heavy (non-hydrogen) atoms. The van der Waals surface area contributed by atoms with Crippen LogP contribution >= 0.6 is 7.82 Å². The molecule has 2 heterocycles. The zero-order valence-electron chi connectivity index (χ0n) is 13.7. The van der Waals surface area contributed by atoms with Gasteiger partial charge >= 0.3 is 0 Å². The molecule has 5 atom stereocenters. The zero-order chi connectivity index (χ0) is 18.8. The number of ether oxygens (including phenoxy) is 1. The van der Waals surface area contributed by atoms with Crippen LogP contribution in [0.15, 0.2) is 24.5 Å². The summed E-state index contributed by atoms with van der Waals surface area (Å²) in [5.41, 5.74) is 5.38. The van der Waals surface area contributed by atoms with Gasteiger partial charge in [-0.1, -0.05) is 0 Å². The first-order chi connectivity index (χ1) is 11.6. The molecule has 0 aromatic carbocycles. The first-order valence-electron chi connectivity index (χ1n) is 7.57. The van der Waals surface area contributed by atoms with E-state index < -0.39 is 51.0 Å². The Hall–Kier alpha value is -1.39. The molecule has 1 aromatic heterocycles. The van der Waals surface area contributed by atoms with Gasteiger partial charge in [0.2, 0.25) is 0 Å². The van der Waals surface area contributed by atoms with Crippen LogP contribution in [0, 0.1) is 0 Å². The van der Waals surface area contributed by atoms with Crippen molar-refractivity contribution in [3.05, 3.63) is 30.1 Å². The molecule has 0 radical (unpaired) electrons. The van der Waals surface area contributed by atoms with Crippen LogP contribution in [0.2, 0.25) is 0 Å². The standard InChI is InChI=1S/C14H21N2O8P/c1-8(2)24-25(20,21)22-7-10-11(17)12(18)14(23-10)16-5-3-4-9(6-16)13(15)19/h3-6,8,10-12,14,17-18H,7H2,1-2H3,(H2-,15,19,20,21)/t10-,11-,12-,14-/m1/s1. The molecule has 1 aromatic rings. The topological polar surface area (TPSA) is 155 Å². The van der Waals surface area contributed by atoms with Gasteiger partial charge in [0.1, 0.15) is 17.8 Å². The van der Waals surface area contributed by atoms with E-state index in [0.717, 1.165) is 0 Å². The molecule has 0 aliphatic carbocycles. The molecule has 1 aliphatic rings. The maximum atomic E-state index is 11.6. The molecule has 140 valence electrons. The highest BCUT2D eigenvalue weighted by Gasteiger charge is 2.48. The minimum absolute atomic E-state index is 0.182. The number of amides is 1. The molecular formula is C14H21N2O8P. The fourth-order valence-corrected chi connectivity index (χ4v) is 3.27. The number of phosphoric ester groups is 1. The average Bonchev–Trinajstić information content (AvgIpc) is 2.80. The molecule has 10 nitrogen and oxygen atoms in total. The quantitative estimate of drug-likeness (QED) is 0.388. The van der Waals surface area contributed by atoms with Crippen molar-refractivity contribution in [2.45, 2.75) is 44.5 Å². The van der Waals surface area contributed by atoms with Crippen LogP contribution in [0.4, 0.5) is 0 Å². The van der Waals surface area contributed by atoms with Crippen molar-refractivity contribution in [1.82, 2.24) is 0 Å². The van der Waals surface area contributed by atoms with E-state index in [2.05, 4.69) is 9.05 Å². The average molecular weight is 376 g/mol. The molecule has 0 saturated carbocycles. The lowest BCUT2D eigenvalue weighted by Gasteiger charge is -2.26. The maximum Gasteiger partial charge on any atom is 0.292 e. The van der Waals surface area contributed by atoms with E-state index in [9.17, 15) is 24.5 Å². The first-order valence-corrected chi connectivity index (χ1v) is 9.03. The van der Waals surface area contributed by atoms with E-state index in [4.69, 9.17) is 10.5 Å². The smallest absolute Gasteiger partial charge is 0.292 e. The number of primary amides is 1. The largest absolute Gasteiger partial charge is 0.756 e. The molecule has 11 heteroatoms. The predicted octanol–water partition coefficient (Wildman–Crippen LogP) is -1.40. The van der Waals surface area contributed by atoms with Gasteiger partial charge in [-0.2, -0.15) is 4.57 Å². The lowest BCUT2D eigenvalue weighted by atomic mass is 10.1. The maximum absolute atomic E-state index is 11.6. The van der Waals surface area contributed by atoms with Crippen LogP contribution in [-0.4, -0.2) is 47.1 Å². The number of aliphatic hydroxyl groups is 2. The fraction of sp³-hybridized carbons (Fsp3) is 0.571. The van der Waals surface area contributed by atoms with E-state index in [1.165, 1.54) is 42.9 Å². The van der Waals surface area contributed by atoms with Crippen LogP contribution in [0.3, 0.4) is 0 Å². The number of hydrogen-bond donors (Lipinski definition) is 3. The summed E-state index contributed by atoms with van der Waals surface area (Å²) in [6, 6.07) is 3.00. The van der Waals surface area contributed by atoms with Crippen LogP contribution in [-0.2, 0) is 18.3 Å². The third-order valence-electron chi connectivity index (χ3n) is 3.47. The van der Waals surface area contributed by atoms with Crippen molar-refractivity contribution in [1.29, 1.82) is 0 Å². The van der Waals surface area contributed by atoms with Crippen molar-refractivity contribution in [2.75, 3.05) is 6.61 Å². The van der Waals surface area contributed by atoms with Gasteiger partial charge < -0.3 is 34.6 Å². The molecule has 0 spiro atoms. The minimum atomic E-state index is -4.55. The van der Waals surface area contributed by atoms with E-state index >= 15 is 0 Å². The summed E-state index contributed by atoms with van der Waals surface area (Å²) in [6.45, 7) is 2.52. The SMILES string of the molecule is CC(C)OP(=O)([O-])OC[C@H]1O[C@@H]([n+]2cccc(C(N)=O)c2)[C@H](O)[C@@H]1O. The van der Waals surface area contributed by atoms with E-state index in [0.29, 0.717) is 0 Å². The highest BCUT2D eigenvalue weighted by Crippen LogP contribution is 2.41. The van der Waals surface area contributed by atoms with Crippen LogP contribution in [0.25, 0.3) is 0 Å². The third kappa shape index (κ3) is 5.05. The number of phosphoric acid groups is 1. The Morgan fingerprint density at radius 3 is 2.76 bits per heavy atom. The highest BCUT2D eigenvalue weighted by atomic mass is 31.2. The monoisotopic (exact) mass is 376 g/mol. The molecule has 1 saturated heterocycles. The molecule has 1 fully saturated rings. The van der Waals surface area contributed by atoms with E-state index in [1.54, 1.807) is 0 Å². The van der Waals surface area contributed by atoms with Gasteiger partial charge in [0.15, 0.2) is 18.5 Å². The van der Waals surface area contributed by atoms with Gasteiger partial charge in [0.25, 0.3) is 20.0 Å². The lowest BCUT2D eigenvalue weighted by Crippen LogP contribution is -2.46. The normalized spacial score (nSPS) is 28.9. The second kappa shape index (κ2) is 7.88. The predicted molar refractivity (Wildman–Crippen MR) is 80.9 cm³/mol. The Morgan fingerprint density at radius 1 is 1.48 bits per heavy atom. The van der Waals surface area contributed by atoms with Gasteiger partial charge in [0, 0.05) is 6.07 Å². The number of carbonyl (C=O) groups is 1. The summed E-state index contributed by atoms with van der Waals surface area (Å²) < 4.78 is 27.7. The van der Waals surface area contributed by atoms with Gasteiger partial charge in [-0.15, -0.1) is 0 Å². The van der Waals surface area contributed by atoms with Crippen molar-refractivity contribution < 1.29 is 42.8 Å². The summed E-state index contributed by atoms with van der Waals surface area (Å²) in [7, 11) is -4.55. The highest BCUT2D eigenvalue weighted by molar-refractivity contribution is 7.45. The molecule has 1 aliphatic heterocycles. The Bertz CT molecular complexity index is 670. The number of nitrogens with two attached hydrogens (primary N) is 1. The molecular weight excluding hydrogens is 355 g/mol. The van der Waals surface area contributed by atoms with Crippen LogP contribution < -0.4 is 15.2 Å². The fourth-order valence-electron chi connectivity index (χ4n) is 2.36. The van der Waals surface area contributed by atoms with Gasteiger partial charge in [-0.05, 0) is 19.9 Å². The first kappa shape index (κ1) is 19.9. The Balaban J connectivity index is 2.07. The molecule has 4 N–H and O–H groups in total. The van der Waals surface area contributed by atoms with Crippen molar-refractivity contribution in [3.63, 3.8) is 0 Å². The van der Waals surface area contributed by atoms with Crippen LogP contribution in [0.5, 0.6) is 0 Å². The molecule has 2 rings (SSSR count). The van der Waals surface area contributed by atoms with Gasteiger partial charge in [-0.3, -0.25) is 9.36 Å². The van der Waals surface area contributed by atoms with Crippen molar-refractivity contribution >= 4 is 13.7 Å². The Morgan fingerprint density at radius 2 is 2.16 bits per heavy atom. The third-order valence-corrected chi connectivity index (χ3v) is 4.62. The summed E-state index contributed by atoms with van der Waals surface area (Å²) in [5.74, 6) is -0.666. The van der Waals surface area contributed by atoms with Crippen molar-refractivity contribution in [2.24, 2.45) is 5.73 Å². The number of aliphatic hydroxyl groups excluding tert-OH is 2. The Kier molecular flexibility index (Phi) is 6.28. The number of rotatable bonds is 7. The number of nitrogens with zero attached hydrogens (tertiary/aromatic N) is 1. The molecule has 0 bridgehead atoms. The number of hydrogen-bond acceptors (Lipinski definition) is 8. The summed E-state index contributed by atoms with van der Waals surface area (Å²) >= 11 is 0. The minimum Gasteiger partial charge on any atom is -0.756 e. The summed E-state index contributed by atoms with van der Waals surface area (Å²) in [5, 5.41) is 20.2. The van der Waals surface area contributed by atoms with Gasteiger partial charge in [-0.25, -0.2) is 0 Å². The molecule has 1 amide bonds. The van der Waals surface area contributed by atoms with E-state index in [1.807, 2.05) is 0 Å². The van der Waals surface area contributed by atoms with Crippen LogP contribution in [0.1, 0.15) is 30.4 Å². The number of pyridine rings is 1. The van der Waals surface area contributed by atoms with Crippen molar-refractivity contribution in [3.8, 4) is 0 Å². The summed E-state index contributed by atoms with van der Waals surface area (Å²) in [4.78, 5) is 22.8. The molecule has 1 unspecified atom stereocenters. The second-order valence-electron chi connectivity index (χ2n) is 5.85. The Labute approximate surface area is 144 Å².